The van der Waals surface area contributed by atoms with Crippen LogP contribution in [0.15, 0.2) is 22.6 Å². The highest BCUT2D eigenvalue weighted by Crippen LogP contribution is 2.28. The van der Waals surface area contributed by atoms with Crippen LogP contribution in [0.2, 0.25) is 0 Å². The molecule has 0 bridgehead atoms. The first kappa shape index (κ1) is 13.4. The predicted molar refractivity (Wildman–Crippen MR) is 76.3 cm³/mol. The number of nitrogens with one attached hydrogen (secondary N) is 1. The van der Waals surface area contributed by atoms with Gasteiger partial charge in [-0.2, -0.15) is 0 Å². The van der Waals surface area contributed by atoms with Crippen LogP contribution in [-0.4, -0.2) is 33.9 Å². The average Bonchev–Trinajstić information content (AvgIpc) is 2.87. The summed E-state index contributed by atoms with van der Waals surface area (Å²) in [6.07, 6.45) is 1.09. The molecule has 1 fully saturated rings. The molecule has 1 aromatic carbocycles. The second-order valence-corrected chi connectivity index (χ2v) is 6.80. The van der Waals surface area contributed by atoms with Crippen LogP contribution < -0.4 is 15.8 Å². The molecule has 1 aromatic rings. The Kier molecular flexibility index (Phi) is 3.39. The number of nitrogens with two attached hydrogens (primary N) is 1. The van der Waals surface area contributed by atoms with Gasteiger partial charge in [0.25, 0.3) is 10.0 Å². The summed E-state index contributed by atoms with van der Waals surface area (Å²) in [7, 11) is -3.50. The fourth-order valence-electron chi connectivity index (χ4n) is 2.60. The molecule has 0 amide bonds. The monoisotopic (exact) mass is 295 g/mol. The fourth-order valence-corrected chi connectivity index (χ4v) is 3.69. The molecule has 1 atom stereocenters. The van der Waals surface area contributed by atoms with E-state index in [4.69, 9.17) is 10.5 Å². The van der Waals surface area contributed by atoms with Crippen LogP contribution in [0.5, 0.6) is 5.75 Å². The van der Waals surface area contributed by atoms with Gasteiger partial charge in [-0.15, -0.1) is 4.40 Å². The molecule has 0 aromatic heterocycles. The maximum atomic E-state index is 11.6. The van der Waals surface area contributed by atoms with E-state index >= 15 is 0 Å². The van der Waals surface area contributed by atoms with Gasteiger partial charge in [0.2, 0.25) is 0 Å². The zero-order valence-electron chi connectivity index (χ0n) is 11.0. The van der Waals surface area contributed by atoms with E-state index in [9.17, 15) is 8.42 Å². The highest BCUT2D eigenvalue weighted by molar-refractivity contribution is 7.89. The van der Waals surface area contributed by atoms with E-state index in [-0.39, 0.29) is 11.6 Å². The topological polar surface area (TPSA) is 93.8 Å². The van der Waals surface area contributed by atoms with Crippen molar-refractivity contribution in [1.82, 2.24) is 5.32 Å². The molecule has 2 aliphatic heterocycles. The van der Waals surface area contributed by atoms with Crippen LogP contribution in [-0.2, 0) is 15.8 Å². The molecule has 1 saturated heterocycles. The van der Waals surface area contributed by atoms with E-state index in [1.165, 1.54) is 0 Å². The smallest absolute Gasteiger partial charge is 0.259 e. The first-order chi connectivity index (χ1) is 9.55. The maximum absolute atomic E-state index is 11.6. The first-order valence-electron chi connectivity index (χ1n) is 6.59. The molecule has 2 heterocycles. The van der Waals surface area contributed by atoms with Crippen molar-refractivity contribution in [3.05, 3.63) is 29.3 Å². The molecule has 0 radical (unpaired) electrons. The van der Waals surface area contributed by atoms with Gasteiger partial charge in [-0.25, -0.2) is 8.42 Å². The van der Waals surface area contributed by atoms with Crippen molar-refractivity contribution in [2.24, 2.45) is 16.0 Å². The van der Waals surface area contributed by atoms with Gasteiger partial charge < -0.3 is 15.8 Å². The molecular formula is C13H17N3O3S. The Labute approximate surface area is 118 Å². The molecule has 3 rings (SSSR count). The summed E-state index contributed by atoms with van der Waals surface area (Å²) < 4.78 is 32.6. The third-order valence-corrected chi connectivity index (χ3v) is 4.73. The minimum atomic E-state index is -3.50. The number of nitrogens with zero attached hydrogens (tertiary/aromatic N) is 1. The first-order valence-corrected chi connectivity index (χ1v) is 8.20. The van der Waals surface area contributed by atoms with Gasteiger partial charge in [-0.3, -0.25) is 0 Å². The molecule has 7 heteroatoms. The number of hydrogen-bond donors (Lipinski definition) is 2. The Hall–Kier alpha value is -1.60. The van der Waals surface area contributed by atoms with E-state index < -0.39 is 10.0 Å². The Morgan fingerprint density at radius 3 is 3.05 bits per heavy atom. The lowest BCUT2D eigenvalue weighted by Gasteiger charge is -2.19. The number of ether oxygens (including phenoxy) is 1. The van der Waals surface area contributed by atoms with Crippen molar-refractivity contribution < 1.29 is 13.2 Å². The molecule has 0 saturated carbocycles. The SMILES string of the molecule is NC1=NS(=O)(=O)Cc2cccc(OCC3CCNC3)c21. The molecule has 1 unspecified atom stereocenters. The second kappa shape index (κ2) is 5.06. The maximum Gasteiger partial charge on any atom is 0.259 e. The molecule has 0 aliphatic carbocycles. The third kappa shape index (κ3) is 2.64. The zero-order valence-corrected chi connectivity index (χ0v) is 11.8. The molecule has 20 heavy (non-hydrogen) atoms. The minimum absolute atomic E-state index is 0.0198. The van der Waals surface area contributed by atoms with Gasteiger partial charge >= 0.3 is 0 Å². The largest absolute Gasteiger partial charge is 0.492 e. The Bertz CT molecular complexity index is 649. The van der Waals surface area contributed by atoms with Crippen LogP contribution in [0.25, 0.3) is 0 Å². The standard InChI is InChI=1S/C13H17N3O3S/c14-13-12-10(8-20(17,18)16-13)2-1-3-11(12)19-7-9-4-5-15-6-9/h1-3,9,15H,4-8H2,(H2,14,16). The van der Waals surface area contributed by atoms with Crippen molar-refractivity contribution in [1.29, 1.82) is 0 Å². The van der Waals surface area contributed by atoms with Gasteiger partial charge in [0, 0.05) is 12.5 Å². The van der Waals surface area contributed by atoms with Crippen molar-refractivity contribution in [2.45, 2.75) is 12.2 Å². The van der Waals surface area contributed by atoms with Crippen molar-refractivity contribution in [3.8, 4) is 5.75 Å². The minimum Gasteiger partial charge on any atom is -0.492 e. The van der Waals surface area contributed by atoms with Crippen molar-refractivity contribution in [2.75, 3.05) is 19.7 Å². The van der Waals surface area contributed by atoms with Gasteiger partial charge in [0.15, 0.2) is 0 Å². The molecular weight excluding hydrogens is 278 g/mol. The lowest BCUT2D eigenvalue weighted by molar-refractivity contribution is 0.259. The second-order valence-electron chi connectivity index (χ2n) is 5.16. The number of benzene rings is 1. The van der Waals surface area contributed by atoms with Crippen molar-refractivity contribution >= 4 is 15.9 Å². The summed E-state index contributed by atoms with van der Waals surface area (Å²) in [4.78, 5) is 0. The number of hydrogen-bond acceptors (Lipinski definition) is 5. The van der Waals surface area contributed by atoms with Crippen LogP contribution in [0.1, 0.15) is 17.5 Å². The summed E-state index contributed by atoms with van der Waals surface area (Å²) in [5, 5.41) is 3.28. The summed E-state index contributed by atoms with van der Waals surface area (Å²) in [6, 6.07) is 5.34. The summed E-state index contributed by atoms with van der Waals surface area (Å²) in [5.41, 5.74) is 7.06. The van der Waals surface area contributed by atoms with E-state index in [1.54, 1.807) is 12.1 Å². The Morgan fingerprint density at radius 1 is 1.45 bits per heavy atom. The van der Waals surface area contributed by atoms with Crippen LogP contribution in [0.3, 0.4) is 0 Å². The fraction of sp³-hybridized carbons (Fsp3) is 0.462. The van der Waals surface area contributed by atoms with Gasteiger partial charge in [-0.1, -0.05) is 12.1 Å². The van der Waals surface area contributed by atoms with E-state index in [0.29, 0.717) is 29.4 Å². The lowest BCUT2D eigenvalue weighted by atomic mass is 10.1. The lowest BCUT2D eigenvalue weighted by Crippen LogP contribution is -2.25. The normalized spacial score (nSPS) is 24.0. The average molecular weight is 295 g/mol. The molecule has 108 valence electrons. The molecule has 6 nitrogen and oxygen atoms in total. The van der Waals surface area contributed by atoms with Crippen molar-refractivity contribution in [3.63, 3.8) is 0 Å². The van der Waals surface area contributed by atoms with Crippen LogP contribution in [0, 0.1) is 5.92 Å². The summed E-state index contributed by atoms with van der Waals surface area (Å²) in [6.45, 7) is 2.57. The highest BCUT2D eigenvalue weighted by atomic mass is 32.2. The Balaban J connectivity index is 1.86. The number of fused-ring (bicyclic) bond motifs is 1. The number of amidine groups is 1. The number of sulfonamides is 1. The van der Waals surface area contributed by atoms with Gasteiger partial charge in [-0.05, 0) is 24.6 Å². The summed E-state index contributed by atoms with van der Waals surface area (Å²) >= 11 is 0. The Morgan fingerprint density at radius 2 is 2.30 bits per heavy atom. The van der Waals surface area contributed by atoms with Gasteiger partial charge in [0.05, 0.1) is 17.9 Å². The quantitative estimate of drug-likeness (QED) is 0.832. The third-order valence-electron chi connectivity index (χ3n) is 3.58. The summed E-state index contributed by atoms with van der Waals surface area (Å²) in [5.74, 6) is 0.999. The predicted octanol–water partition coefficient (Wildman–Crippen LogP) is 0.224. The molecule has 3 N–H and O–H groups in total. The highest BCUT2D eigenvalue weighted by Gasteiger charge is 2.25. The van der Waals surface area contributed by atoms with Gasteiger partial charge in [0.1, 0.15) is 11.6 Å². The number of rotatable bonds is 3. The van der Waals surface area contributed by atoms with E-state index in [1.807, 2.05) is 6.07 Å². The van der Waals surface area contributed by atoms with E-state index in [2.05, 4.69) is 9.71 Å². The zero-order chi connectivity index (χ0) is 14.2. The van der Waals surface area contributed by atoms with Crippen LogP contribution >= 0.6 is 0 Å². The van der Waals surface area contributed by atoms with E-state index in [0.717, 1.165) is 19.5 Å². The molecule has 0 spiro atoms. The van der Waals surface area contributed by atoms with Crippen LogP contribution in [0.4, 0.5) is 0 Å². The molecule has 2 aliphatic rings.